The van der Waals surface area contributed by atoms with Crippen LogP contribution in [-0.2, 0) is 0 Å². The Morgan fingerprint density at radius 2 is 1.23 bits per heavy atom. The summed E-state index contributed by atoms with van der Waals surface area (Å²) in [6, 6.07) is 15.8. The van der Waals surface area contributed by atoms with Gasteiger partial charge in [0, 0.05) is 11.1 Å². The van der Waals surface area contributed by atoms with Crippen molar-refractivity contribution < 1.29 is 14.2 Å². The number of hydrogen-bond donors (Lipinski definition) is 1. The maximum absolute atomic E-state index is 9.93. The first-order valence-corrected chi connectivity index (χ1v) is 9.55. The van der Waals surface area contributed by atoms with E-state index >= 15 is 0 Å². The van der Waals surface area contributed by atoms with Crippen LogP contribution in [0, 0.1) is 36.5 Å². The third-order valence-electron chi connectivity index (χ3n) is 5.31. The summed E-state index contributed by atoms with van der Waals surface area (Å²) in [6.07, 6.45) is 0. The monoisotopic (exact) mass is 413 g/mol. The average molecular weight is 413 g/mol. The van der Waals surface area contributed by atoms with Gasteiger partial charge in [0.15, 0.2) is 11.5 Å². The molecule has 0 heterocycles. The minimum absolute atomic E-state index is 0.148. The van der Waals surface area contributed by atoms with Crippen LogP contribution in [0.15, 0.2) is 36.4 Å². The van der Waals surface area contributed by atoms with Crippen LogP contribution in [0.3, 0.4) is 0 Å². The van der Waals surface area contributed by atoms with Crippen molar-refractivity contribution in [3.8, 4) is 51.6 Å². The molecule has 6 nitrogen and oxygen atoms in total. The van der Waals surface area contributed by atoms with E-state index in [-0.39, 0.29) is 16.8 Å². The molecule has 0 atom stereocenters. The van der Waals surface area contributed by atoms with Crippen LogP contribution in [0.4, 0.5) is 5.69 Å². The SMILES string of the molecule is COc1cc(-c2c(C)c(-c3ccc(C)cc3)c(C#N)c(N)c2C#N)cc(OC)c1OC. The summed E-state index contributed by atoms with van der Waals surface area (Å²) < 4.78 is 16.4. The largest absolute Gasteiger partial charge is 0.493 e. The Morgan fingerprint density at radius 1 is 0.742 bits per heavy atom. The van der Waals surface area contributed by atoms with Gasteiger partial charge in [-0.15, -0.1) is 0 Å². The minimum atomic E-state index is 0.148. The maximum atomic E-state index is 9.93. The van der Waals surface area contributed by atoms with Gasteiger partial charge in [-0.2, -0.15) is 10.5 Å². The highest BCUT2D eigenvalue weighted by Crippen LogP contribution is 2.46. The number of nitrogens with two attached hydrogens (primary N) is 1. The van der Waals surface area contributed by atoms with Crippen molar-refractivity contribution in [2.45, 2.75) is 13.8 Å². The van der Waals surface area contributed by atoms with E-state index in [1.54, 1.807) is 12.1 Å². The quantitative estimate of drug-likeness (QED) is 0.591. The lowest BCUT2D eigenvalue weighted by Crippen LogP contribution is -2.04. The Balaban J connectivity index is 2.46. The summed E-state index contributed by atoms with van der Waals surface area (Å²) in [5.74, 6) is 1.37. The van der Waals surface area contributed by atoms with Crippen molar-refractivity contribution in [1.82, 2.24) is 0 Å². The summed E-state index contributed by atoms with van der Waals surface area (Å²) in [5, 5.41) is 19.8. The zero-order valence-corrected chi connectivity index (χ0v) is 18.2. The third-order valence-corrected chi connectivity index (χ3v) is 5.31. The van der Waals surface area contributed by atoms with E-state index in [4.69, 9.17) is 19.9 Å². The normalized spacial score (nSPS) is 10.2. The van der Waals surface area contributed by atoms with E-state index in [9.17, 15) is 10.5 Å². The van der Waals surface area contributed by atoms with E-state index in [0.717, 1.165) is 16.7 Å². The molecule has 0 aliphatic carbocycles. The lowest BCUT2D eigenvalue weighted by atomic mass is 9.84. The molecule has 0 fully saturated rings. The molecular weight excluding hydrogens is 390 g/mol. The molecule has 0 aliphatic heterocycles. The van der Waals surface area contributed by atoms with Gasteiger partial charge in [-0.25, -0.2) is 0 Å². The number of methoxy groups -OCH3 is 3. The first-order chi connectivity index (χ1) is 14.9. The van der Waals surface area contributed by atoms with Crippen molar-refractivity contribution >= 4 is 5.69 Å². The van der Waals surface area contributed by atoms with E-state index in [1.165, 1.54) is 21.3 Å². The predicted octanol–water partition coefficient (Wildman–Crippen LogP) is 4.99. The van der Waals surface area contributed by atoms with Crippen LogP contribution in [0.2, 0.25) is 0 Å². The molecule has 3 aromatic rings. The number of benzene rings is 3. The second-order valence-electron chi connectivity index (χ2n) is 7.04. The van der Waals surface area contributed by atoms with Crippen LogP contribution in [0.1, 0.15) is 22.3 Å². The fraction of sp³-hybridized carbons (Fsp3) is 0.200. The summed E-state index contributed by atoms with van der Waals surface area (Å²) in [7, 11) is 4.59. The van der Waals surface area contributed by atoms with Crippen LogP contribution >= 0.6 is 0 Å². The molecule has 0 aromatic heterocycles. The Bertz CT molecular complexity index is 1210. The molecule has 0 amide bonds. The number of hydrogen-bond acceptors (Lipinski definition) is 6. The number of ether oxygens (including phenoxy) is 3. The van der Waals surface area contributed by atoms with Crippen LogP contribution < -0.4 is 19.9 Å². The number of anilines is 1. The van der Waals surface area contributed by atoms with Crippen molar-refractivity contribution in [3.05, 3.63) is 58.7 Å². The van der Waals surface area contributed by atoms with Crippen molar-refractivity contribution in [3.63, 3.8) is 0 Å². The number of aryl methyl sites for hydroxylation is 1. The maximum Gasteiger partial charge on any atom is 0.203 e. The molecule has 0 bridgehead atoms. The number of nitrogen functional groups attached to an aromatic ring is 1. The third kappa shape index (κ3) is 3.60. The fourth-order valence-electron chi connectivity index (χ4n) is 3.79. The topological polar surface area (TPSA) is 101 Å². The van der Waals surface area contributed by atoms with Gasteiger partial charge in [0.2, 0.25) is 5.75 Å². The second kappa shape index (κ2) is 8.69. The molecule has 3 rings (SSSR count). The molecular formula is C25H23N3O3. The molecule has 0 spiro atoms. The minimum Gasteiger partial charge on any atom is -0.493 e. The second-order valence-corrected chi connectivity index (χ2v) is 7.04. The van der Waals surface area contributed by atoms with Gasteiger partial charge < -0.3 is 19.9 Å². The van der Waals surface area contributed by atoms with E-state index in [1.807, 2.05) is 38.1 Å². The lowest BCUT2D eigenvalue weighted by molar-refractivity contribution is 0.324. The van der Waals surface area contributed by atoms with Gasteiger partial charge in [-0.05, 0) is 42.7 Å². The van der Waals surface area contributed by atoms with Crippen LogP contribution in [0.25, 0.3) is 22.3 Å². The molecule has 0 saturated heterocycles. The van der Waals surface area contributed by atoms with Gasteiger partial charge in [-0.1, -0.05) is 29.8 Å². The summed E-state index contributed by atoms with van der Waals surface area (Å²) in [5.41, 5.74) is 11.7. The molecule has 0 aliphatic rings. The highest BCUT2D eigenvalue weighted by molar-refractivity contribution is 5.93. The Hall–Kier alpha value is -4.16. The van der Waals surface area contributed by atoms with Gasteiger partial charge in [0.25, 0.3) is 0 Å². The van der Waals surface area contributed by atoms with Crippen LogP contribution in [0.5, 0.6) is 17.2 Å². The number of rotatable bonds is 5. The van der Waals surface area contributed by atoms with E-state index in [0.29, 0.717) is 33.9 Å². The molecule has 0 unspecified atom stereocenters. The van der Waals surface area contributed by atoms with E-state index in [2.05, 4.69) is 12.1 Å². The van der Waals surface area contributed by atoms with Crippen molar-refractivity contribution in [1.29, 1.82) is 10.5 Å². The highest BCUT2D eigenvalue weighted by Gasteiger charge is 2.24. The zero-order chi connectivity index (χ0) is 22.7. The zero-order valence-electron chi connectivity index (χ0n) is 18.2. The highest BCUT2D eigenvalue weighted by atomic mass is 16.5. The number of nitriles is 2. The van der Waals surface area contributed by atoms with Gasteiger partial charge in [-0.3, -0.25) is 0 Å². The fourth-order valence-corrected chi connectivity index (χ4v) is 3.79. The smallest absolute Gasteiger partial charge is 0.203 e. The first-order valence-electron chi connectivity index (χ1n) is 9.55. The Morgan fingerprint density at radius 3 is 1.65 bits per heavy atom. The summed E-state index contributed by atoms with van der Waals surface area (Å²) >= 11 is 0. The van der Waals surface area contributed by atoms with Gasteiger partial charge in [0.05, 0.1) is 38.1 Å². The molecule has 0 saturated carbocycles. The summed E-state index contributed by atoms with van der Waals surface area (Å²) in [4.78, 5) is 0. The first kappa shape index (κ1) is 21.5. The predicted molar refractivity (Wildman–Crippen MR) is 120 cm³/mol. The van der Waals surface area contributed by atoms with Gasteiger partial charge in [0.1, 0.15) is 12.1 Å². The van der Waals surface area contributed by atoms with Gasteiger partial charge >= 0.3 is 0 Å². The van der Waals surface area contributed by atoms with E-state index < -0.39 is 0 Å². The molecule has 0 radical (unpaired) electrons. The Kier molecular flexibility index (Phi) is 6.04. The van der Waals surface area contributed by atoms with Crippen molar-refractivity contribution in [2.75, 3.05) is 27.1 Å². The standard InChI is InChI=1S/C25H23N3O3/c1-14-6-8-16(9-7-14)22-15(2)23(19(13-27)24(28)18(22)12-26)17-10-20(29-3)25(31-5)21(11-17)30-4/h6-11H,28H2,1-5H3. The molecule has 31 heavy (non-hydrogen) atoms. The molecule has 156 valence electrons. The lowest BCUT2D eigenvalue weighted by Gasteiger charge is -2.20. The number of nitrogens with zero attached hydrogens (tertiary/aromatic N) is 2. The average Bonchev–Trinajstić information content (AvgIpc) is 2.79. The Labute approximate surface area is 182 Å². The molecule has 2 N–H and O–H groups in total. The molecule has 6 heteroatoms. The summed E-state index contributed by atoms with van der Waals surface area (Å²) in [6.45, 7) is 3.88. The van der Waals surface area contributed by atoms with Crippen LogP contribution in [-0.4, -0.2) is 21.3 Å². The van der Waals surface area contributed by atoms with Crippen molar-refractivity contribution in [2.24, 2.45) is 0 Å². The molecule has 3 aromatic carbocycles.